The van der Waals surface area contributed by atoms with Gasteiger partial charge in [0, 0.05) is 10.6 Å². The number of nitrogens with zero attached hydrogens (tertiary/aromatic N) is 1. The summed E-state index contributed by atoms with van der Waals surface area (Å²) in [5, 5.41) is 2.86. The van der Waals surface area contributed by atoms with Crippen molar-refractivity contribution in [3.05, 3.63) is 59.7 Å². The first-order valence-electron chi connectivity index (χ1n) is 8.47. The van der Waals surface area contributed by atoms with E-state index in [1.807, 2.05) is 30.7 Å². The van der Waals surface area contributed by atoms with Gasteiger partial charge in [0.05, 0.1) is 11.1 Å². The van der Waals surface area contributed by atoms with Crippen molar-refractivity contribution in [3.8, 4) is 0 Å². The first kappa shape index (κ1) is 19.5. The fraction of sp³-hybridized carbons (Fsp3) is 0.250. The van der Waals surface area contributed by atoms with Crippen molar-refractivity contribution in [3.63, 3.8) is 0 Å². The van der Waals surface area contributed by atoms with E-state index in [0.717, 1.165) is 9.80 Å². The summed E-state index contributed by atoms with van der Waals surface area (Å²) >= 11 is 3.15. The molecule has 2 aromatic carbocycles. The zero-order valence-corrected chi connectivity index (χ0v) is 16.7. The van der Waals surface area contributed by atoms with Gasteiger partial charge in [-0.05, 0) is 55.0 Å². The van der Waals surface area contributed by atoms with Crippen LogP contribution in [-0.2, 0) is 4.79 Å². The molecule has 5 nitrogen and oxygen atoms in total. The summed E-state index contributed by atoms with van der Waals surface area (Å²) in [6.45, 7) is 0. The van der Waals surface area contributed by atoms with Crippen molar-refractivity contribution in [1.29, 1.82) is 0 Å². The number of thioether (sulfide) groups is 2. The Hall–Kier alpha value is -2.25. The van der Waals surface area contributed by atoms with Gasteiger partial charge >= 0.3 is 0 Å². The molecule has 0 aromatic heterocycles. The molecule has 1 aliphatic rings. The Morgan fingerprint density at radius 3 is 2.30 bits per heavy atom. The molecule has 0 spiro atoms. The highest BCUT2D eigenvalue weighted by Crippen LogP contribution is 2.27. The van der Waals surface area contributed by atoms with Crippen molar-refractivity contribution < 1.29 is 14.4 Å². The first-order valence-corrected chi connectivity index (χ1v) is 11.1. The minimum atomic E-state index is -0.845. The van der Waals surface area contributed by atoms with Crippen LogP contribution in [0.15, 0.2) is 53.4 Å². The molecule has 1 heterocycles. The van der Waals surface area contributed by atoms with Gasteiger partial charge in [-0.15, -0.1) is 11.8 Å². The largest absolute Gasteiger partial charge is 0.324 e. The van der Waals surface area contributed by atoms with Crippen molar-refractivity contribution >= 4 is 46.9 Å². The van der Waals surface area contributed by atoms with Gasteiger partial charge < -0.3 is 5.32 Å². The summed E-state index contributed by atoms with van der Waals surface area (Å²) in [4.78, 5) is 40.7. The van der Waals surface area contributed by atoms with E-state index in [-0.39, 0.29) is 5.91 Å². The van der Waals surface area contributed by atoms with Crippen LogP contribution in [0, 0.1) is 0 Å². The first-order chi connectivity index (χ1) is 13.1. The van der Waals surface area contributed by atoms with Gasteiger partial charge in [0.15, 0.2) is 0 Å². The van der Waals surface area contributed by atoms with E-state index in [0.29, 0.717) is 29.0 Å². The molecule has 140 valence electrons. The third kappa shape index (κ3) is 4.04. The summed E-state index contributed by atoms with van der Waals surface area (Å²) in [6, 6.07) is 13.3. The van der Waals surface area contributed by atoms with E-state index >= 15 is 0 Å². The van der Waals surface area contributed by atoms with Crippen LogP contribution >= 0.6 is 23.5 Å². The molecule has 1 aliphatic heterocycles. The van der Waals surface area contributed by atoms with Gasteiger partial charge in [0.25, 0.3) is 11.8 Å². The maximum Gasteiger partial charge on any atom is 0.262 e. The van der Waals surface area contributed by atoms with Crippen LogP contribution in [0.4, 0.5) is 5.69 Å². The molecule has 0 saturated carbocycles. The predicted octanol–water partition coefficient (Wildman–Crippen LogP) is 3.76. The summed E-state index contributed by atoms with van der Waals surface area (Å²) in [6.07, 6.45) is 4.29. The third-order valence-corrected chi connectivity index (χ3v) is 5.74. The normalized spacial score (nSPS) is 14.2. The molecular weight excluding hydrogens is 380 g/mol. The predicted molar refractivity (Wildman–Crippen MR) is 111 cm³/mol. The molecule has 0 saturated heterocycles. The van der Waals surface area contributed by atoms with Crippen LogP contribution in [-0.4, -0.2) is 46.9 Å². The zero-order valence-electron chi connectivity index (χ0n) is 15.1. The van der Waals surface area contributed by atoms with E-state index in [1.165, 1.54) is 0 Å². The number of fused-ring (bicyclic) bond motifs is 1. The second kappa shape index (κ2) is 8.63. The SMILES string of the molecule is CSCCC(C(=O)Nc1cccc(SC)c1)N1C(=O)c2ccccc2C1=O. The van der Waals surface area contributed by atoms with Gasteiger partial charge in [-0.25, -0.2) is 0 Å². The van der Waals surface area contributed by atoms with Crippen LogP contribution in [0.5, 0.6) is 0 Å². The number of imide groups is 1. The zero-order chi connectivity index (χ0) is 19.4. The van der Waals surface area contributed by atoms with E-state index in [1.54, 1.807) is 53.9 Å². The lowest BCUT2D eigenvalue weighted by molar-refractivity contribution is -0.120. The lowest BCUT2D eigenvalue weighted by atomic mass is 10.1. The molecule has 1 atom stereocenters. The van der Waals surface area contributed by atoms with Crippen LogP contribution in [0.1, 0.15) is 27.1 Å². The summed E-state index contributed by atoms with van der Waals surface area (Å²) in [5.74, 6) is -0.502. The highest BCUT2D eigenvalue weighted by atomic mass is 32.2. The number of carbonyl (C=O) groups excluding carboxylic acids is 3. The maximum atomic E-state index is 13.0. The lowest BCUT2D eigenvalue weighted by Crippen LogP contribution is -2.47. The van der Waals surface area contributed by atoms with E-state index in [4.69, 9.17) is 0 Å². The number of benzene rings is 2. The quantitative estimate of drug-likeness (QED) is 0.566. The summed E-state index contributed by atoms with van der Waals surface area (Å²) in [5.41, 5.74) is 1.36. The number of carbonyl (C=O) groups is 3. The number of hydrogen-bond donors (Lipinski definition) is 1. The molecular formula is C20H20N2O3S2. The highest BCUT2D eigenvalue weighted by Gasteiger charge is 2.42. The van der Waals surface area contributed by atoms with E-state index in [9.17, 15) is 14.4 Å². The standard InChI is InChI=1S/C20H20N2O3S2/c1-26-11-10-17(18(23)21-13-6-5-7-14(12-13)27-2)22-19(24)15-8-3-4-9-16(15)20(22)25/h3-9,12,17H,10-11H2,1-2H3,(H,21,23). The van der Waals surface area contributed by atoms with Gasteiger partial charge in [-0.1, -0.05) is 18.2 Å². The van der Waals surface area contributed by atoms with Crippen molar-refractivity contribution in [2.45, 2.75) is 17.4 Å². The van der Waals surface area contributed by atoms with Gasteiger partial charge in [0.1, 0.15) is 6.04 Å². The number of anilines is 1. The van der Waals surface area contributed by atoms with Crippen molar-refractivity contribution in [2.24, 2.45) is 0 Å². The highest BCUT2D eigenvalue weighted by molar-refractivity contribution is 7.98. The molecule has 7 heteroatoms. The second-order valence-corrected chi connectivity index (χ2v) is 7.91. The topological polar surface area (TPSA) is 66.5 Å². The van der Waals surface area contributed by atoms with Crippen molar-refractivity contribution in [1.82, 2.24) is 4.90 Å². The Morgan fingerprint density at radius 1 is 1.04 bits per heavy atom. The number of nitrogens with one attached hydrogen (secondary N) is 1. The fourth-order valence-corrected chi connectivity index (χ4v) is 3.94. The number of hydrogen-bond acceptors (Lipinski definition) is 5. The van der Waals surface area contributed by atoms with Gasteiger partial charge in [0.2, 0.25) is 5.91 Å². The van der Waals surface area contributed by atoms with Crippen LogP contribution in [0.25, 0.3) is 0 Å². The Balaban J connectivity index is 1.86. The Kier molecular flexibility index (Phi) is 6.23. The molecule has 0 aliphatic carbocycles. The summed E-state index contributed by atoms with van der Waals surface area (Å²) in [7, 11) is 0. The Morgan fingerprint density at radius 2 is 1.70 bits per heavy atom. The minimum absolute atomic E-state index is 0.350. The number of rotatable bonds is 7. The van der Waals surface area contributed by atoms with E-state index < -0.39 is 17.9 Å². The molecule has 3 amide bonds. The monoisotopic (exact) mass is 400 g/mol. The molecule has 27 heavy (non-hydrogen) atoms. The average molecular weight is 401 g/mol. The lowest BCUT2D eigenvalue weighted by Gasteiger charge is -2.25. The fourth-order valence-electron chi connectivity index (χ4n) is 3.02. The molecule has 0 fully saturated rings. The van der Waals surface area contributed by atoms with Crippen molar-refractivity contribution in [2.75, 3.05) is 23.6 Å². The number of amides is 3. The molecule has 2 aromatic rings. The smallest absolute Gasteiger partial charge is 0.262 e. The minimum Gasteiger partial charge on any atom is -0.324 e. The van der Waals surface area contributed by atoms with Crippen LogP contribution < -0.4 is 5.32 Å². The van der Waals surface area contributed by atoms with E-state index in [2.05, 4.69) is 5.32 Å². The third-order valence-electron chi connectivity index (χ3n) is 4.37. The van der Waals surface area contributed by atoms with Crippen LogP contribution in [0.2, 0.25) is 0 Å². The van der Waals surface area contributed by atoms with Crippen LogP contribution in [0.3, 0.4) is 0 Å². The molecule has 3 rings (SSSR count). The van der Waals surface area contributed by atoms with Gasteiger partial charge in [-0.2, -0.15) is 11.8 Å². The Labute approximate surface area is 166 Å². The molecule has 1 unspecified atom stereocenters. The summed E-state index contributed by atoms with van der Waals surface area (Å²) < 4.78 is 0. The molecule has 0 radical (unpaired) electrons. The second-order valence-electron chi connectivity index (χ2n) is 6.04. The van der Waals surface area contributed by atoms with Gasteiger partial charge in [-0.3, -0.25) is 19.3 Å². The Bertz CT molecular complexity index is 850. The maximum absolute atomic E-state index is 13.0. The molecule has 0 bridgehead atoms. The average Bonchev–Trinajstić information content (AvgIpc) is 2.94. The molecule has 1 N–H and O–H groups in total.